The van der Waals surface area contributed by atoms with E-state index in [1.165, 1.54) is 13.3 Å². The average molecular weight is 436 g/mol. The van der Waals surface area contributed by atoms with E-state index < -0.39 is 0 Å². The van der Waals surface area contributed by atoms with Crippen molar-refractivity contribution in [3.8, 4) is 0 Å². The molecule has 9 heteroatoms. The highest BCUT2D eigenvalue weighted by Gasteiger charge is 2.23. The van der Waals surface area contributed by atoms with Gasteiger partial charge in [-0.15, -0.1) is 0 Å². The normalized spacial score (nSPS) is 16.4. The number of ketones is 1. The monoisotopic (exact) mass is 435 g/mol. The van der Waals surface area contributed by atoms with E-state index in [-0.39, 0.29) is 24.2 Å². The summed E-state index contributed by atoms with van der Waals surface area (Å²) in [7, 11) is 0. The van der Waals surface area contributed by atoms with Gasteiger partial charge in [0.15, 0.2) is 5.78 Å². The molecule has 1 aliphatic heterocycles. The second-order valence-electron chi connectivity index (χ2n) is 7.15. The molecule has 2 heterocycles. The number of piperidine rings is 1. The Kier molecular flexibility index (Phi) is 7.28. The zero-order chi connectivity index (χ0) is 20.8. The van der Waals surface area contributed by atoms with Crippen molar-refractivity contribution < 1.29 is 9.59 Å². The minimum Gasteiger partial charge on any atom is -0.378 e. The Balaban J connectivity index is 1.54. The standard InChI is InChI=1S/C20H23Cl2N5O2/c1-13(28)26-19-9-20(25-12-24-19)27-4-2-3-14(11-27)5-18(29)10-23-17-7-15(21)6-16(22)8-17/h6-9,12,14,23H,2-5,10-11H2,1H3,(H,24,25,26,28)/t14-/m0/s1. The summed E-state index contributed by atoms with van der Waals surface area (Å²) in [6.07, 6.45) is 3.90. The SMILES string of the molecule is CC(=O)Nc1cc(N2CCC[C@@H](CC(=O)CNc3cc(Cl)cc(Cl)c3)C2)ncn1. The van der Waals surface area contributed by atoms with Crippen molar-refractivity contribution in [2.24, 2.45) is 5.92 Å². The van der Waals surface area contributed by atoms with Gasteiger partial charge in [-0.25, -0.2) is 9.97 Å². The number of carbonyl (C=O) groups is 2. The molecule has 1 fully saturated rings. The van der Waals surface area contributed by atoms with Crippen LogP contribution in [0.2, 0.25) is 10.0 Å². The molecule has 3 rings (SSSR count). The van der Waals surface area contributed by atoms with Crippen molar-refractivity contribution in [2.75, 3.05) is 35.2 Å². The molecule has 1 amide bonds. The summed E-state index contributed by atoms with van der Waals surface area (Å²) in [5.41, 5.74) is 0.729. The van der Waals surface area contributed by atoms with Crippen LogP contribution in [0, 0.1) is 5.92 Å². The number of anilines is 3. The van der Waals surface area contributed by atoms with Gasteiger partial charge in [-0.2, -0.15) is 0 Å². The van der Waals surface area contributed by atoms with Gasteiger partial charge in [0.1, 0.15) is 18.0 Å². The molecule has 0 saturated carbocycles. The Morgan fingerprint density at radius 3 is 2.66 bits per heavy atom. The smallest absolute Gasteiger partial charge is 0.222 e. The zero-order valence-corrected chi connectivity index (χ0v) is 17.6. The second-order valence-corrected chi connectivity index (χ2v) is 8.02. The summed E-state index contributed by atoms with van der Waals surface area (Å²) in [5, 5.41) is 6.81. The summed E-state index contributed by atoms with van der Waals surface area (Å²) < 4.78 is 0. The Bertz CT molecular complexity index is 873. The molecular weight excluding hydrogens is 413 g/mol. The molecule has 2 aromatic rings. The highest BCUT2D eigenvalue weighted by Crippen LogP contribution is 2.25. The van der Waals surface area contributed by atoms with E-state index in [0.717, 1.165) is 37.4 Å². The van der Waals surface area contributed by atoms with Gasteiger partial charge in [0.2, 0.25) is 5.91 Å². The van der Waals surface area contributed by atoms with Gasteiger partial charge < -0.3 is 15.5 Å². The third-order valence-electron chi connectivity index (χ3n) is 4.67. The third kappa shape index (κ3) is 6.58. The van der Waals surface area contributed by atoms with Crippen molar-refractivity contribution in [3.05, 3.63) is 40.6 Å². The number of nitrogens with zero attached hydrogens (tertiary/aromatic N) is 3. The molecule has 1 saturated heterocycles. The molecule has 1 aromatic carbocycles. The first-order valence-electron chi connectivity index (χ1n) is 9.45. The van der Waals surface area contributed by atoms with Crippen molar-refractivity contribution in [1.29, 1.82) is 0 Å². The first-order chi connectivity index (χ1) is 13.9. The summed E-state index contributed by atoms with van der Waals surface area (Å²) in [5.74, 6) is 1.44. The molecule has 0 radical (unpaired) electrons. The van der Waals surface area contributed by atoms with Crippen LogP contribution in [0.1, 0.15) is 26.2 Å². The maximum absolute atomic E-state index is 12.5. The van der Waals surface area contributed by atoms with Gasteiger partial charge in [-0.3, -0.25) is 9.59 Å². The van der Waals surface area contributed by atoms with E-state index in [1.54, 1.807) is 24.3 Å². The summed E-state index contributed by atoms with van der Waals surface area (Å²) in [6, 6.07) is 6.89. The number of amides is 1. The maximum Gasteiger partial charge on any atom is 0.222 e. The fourth-order valence-corrected chi connectivity index (χ4v) is 3.99. The molecule has 1 atom stereocenters. The van der Waals surface area contributed by atoms with Gasteiger partial charge in [-0.05, 0) is 37.0 Å². The van der Waals surface area contributed by atoms with Crippen LogP contribution in [0.25, 0.3) is 0 Å². The number of benzene rings is 1. The number of Topliss-reactive ketones (excluding diaryl/α,β-unsaturated/α-hetero) is 1. The lowest BCUT2D eigenvalue weighted by Gasteiger charge is -2.33. The van der Waals surface area contributed by atoms with Crippen LogP contribution in [-0.4, -0.2) is 41.3 Å². The molecule has 1 aromatic heterocycles. The Hall–Kier alpha value is -2.38. The maximum atomic E-state index is 12.5. The van der Waals surface area contributed by atoms with Crippen molar-refractivity contribution in [1.82, 2.24) is 9.97 Å². The minimum absolute atomic E-state index is 0.134. The molecule has 0 bridgehead atoms. The highest BCUT2D eigenvalue weighted by molar-refractivity contribution is 6.35. The number of hydrogen-bond acceptors (Lipinski definition) is 6. The summed E-state index contributed by atoms with van der Waals surface area (Å²) in [4.78, 5) is 34.2. The largest absolute Gasteiger partial charge is 0.378 e. The quantitative estimate of drug-likeness (QED) is 0.682. The molecule has 2 N–H and O–H groups in total. The fraction of sp³-hybridized carbons (Fsp3) is 0.400. The van der Waals surface area contributed by atoms with E-state index in [0.29, 0.717) is 22.3 Å². The lowest BCUT2D eigenvalue weighted by Crippen LogP contribution is -2.37. The molecule has 29 heavy (non-hydrogen) atoms. The van der Waals surface area contributed by atoms with E-state index in [2.05, 4.69) is 25.5 Å². The van der Waals surface area contributed by atoms with Crippen LogP contribution in [0.5, 0.6) is 0 Å². The predicted molar refractivity (Wildman–Crippen MR) is 116 cm³/mol. The average Bonchev–Trinajstić information content (AvgIpc) is 2.66. The first kappa shape index (κ1) is 21.3. The minimum atomic E-state index is -0.176. The summed E-state index contributed by atoms with van der Waals surface area (Å²) in [6.45, 7) is 3.27. The molecule has 154 valence electrons. The van der Waals surface area contributed by atoms with Crippen LogP contribution in [-0.2, 0) is 9.59 Å². The van der Waals surface area contributed by atoms with E-state index in [9.17, 15) is 9.59 Å². The van der Waals surface area contributed by atoms with E-state index in [1.807, 2.05) is 0 Å². The number of hydrogen-bond donors (Lipinski definition) is 2. The topological polar surface area (TPSA) is 87.2 Å². The number of carbonyl (C=O) groups excluding carboxylic acids is 2. The number of rotatable bonds is 7. The summed E-state index contributed by atoms with van der Waals surface area (Å²) >= 11 is 12.0. The van der Waals surface area contributed by atoms with Crippen molar-refractivity contribution >= 4 is 52.2 Å². The predicted octanol–water partition coefficient (Wildman–Crippen LogP) is 4.03. The molecule has 7 nitrogen and oxygen atoms in total. The van der Waals surface area contributed by atoms with Gasteiger partial charge in [0.25, 0.3) is 0 Å². The van der Waals surface area contributed by atoms with Crippen LogP contribution in [0.15, 0.2) is 30.6 Å². The number of halogens is 2. The zero-order valence-electron chi connectivity index (χ0n) is 16.1. The lowest BCUT2D eigenvalue weighted by molar-refractivity contribution is -0.118. The van der Waals surface area contributed by atoms with Crippen LogP contribution >= 0.6 is 23.2 Å². The van der Waals surface area contributed by atoms with Crippen molar-refractivity contribution in [3.63, 3.8) is 0 Å². The lowest BCUT2D eigenvalue weighted by atomic mass is 9.93. The van der Waals surface area contributed by atoms with Gasteiger partial charge in [-0.1, -0.05) is 23.2 Å². The molecule has 1 aliphatic rings. The molecule has 0 spiro atoms. The van der Waals surface area contributed by atoms with Gasteiger partial charge in [0.05, 0.1) is 6.54 Å². The number of nitrogens with one attached hydrogen (secondary N) is 2. The van der Waals surface area contributed by atoms with Crippen LogP contribution in [0.3, 0.4) is 0 Å². The second kappa shape index (κ2) is 9.89. The Morgan fingerprint density at radius 2 is 1.93 bits per heavy atom. The molecular formula is C20H23Cl2N5O2. The van der Waals surface area contributed by atoms with E-state index >= 15 is 0 Å². The van der Waals surface area contributed by atoms with Gasteiger partial charge >= 0.3 is 0 Å². The molecule has 0 unspecified atom stereocenters. The van der Waals surface area contributed by atoms with Gasteiger partial charge in [0, 0.05) is 48.2 Å². The Morgan fingerprint density at radius 1 is 1.17 bits per heavy atom. The van der Waals surface area contributed by atoms with Crippen molar-refractivity contribution in [2.45, 2.75) is 26.2 Å². The Labute approximate surface area is 179 Å². The number of aromatic nitrogens is 2. The van der Waals surface area contributed by atoms with Crippen LogP contribution in [0.4, 0.5) is 17.3 Å². The fourth-order valence-electron chi connectivity index (χ4n) is 3.46. The highest BCUT2D eigenvalue weighted by atomic mass is 35.5. The van der Waals surface area contributed by atoms with E-state index in [4.69, 9.17) is 23.2 Å². The molecule has 0 aliphatic carbocycles. The first-order valence-corrected chi connectivity index (χ1v) is 10.2. The van der Waals surface area contributed by atoms with Crippen LogP contribution < -0.4 is 15.5 Å². The third-order valence-corrected chi connectivity index (χ3v) is 5.10.